The van der Waals surface area contributed by atoms with Crippen LogP contribution < -0.4 is 19.9 Å². The Morgan fingerprint density at radius 2 is 1.94 bits per heavy atom. The van der Waals surface area contributed by atoms with E-state index in [9.17, 15) is 8.42 Å². The van der Waals surface area contributed by atoms with Gasteiger partial charge in [-0.3, -0.25) is 4.72 Å². The van der Waals surface area contributed by atoms with Crippen LogP contribution in [0.2, 0.25) is 0 Å². The average Bonchev–Trinajstić information content (AvgIpc) is 2.35. The number of hydrogen-bond acceptors (Lipinski definition) is 4. The van der Waals surface area contributed by atoms with Crippen LogP contribution in [0, 0.1) is 0 Å². The van der Waals surface area contributed by atoms with Crippen molar-refractivity contribution in [3.05, 3.63) is 24.3 Å². The zero-order valence-electron chi connectivity index (χ0n) is 10.3. The Balaban J connectivity index is 2.57. The van der Waals surface area contributed by atoms with E-state index in [1.807, 2.05) is 6.92 Å². The van der Waals surface area contributed by atoms with E-state index in [4.69, 9.17) is 10.5 Å². The molecule has 0 bridgehead atoms. The quantitative estimate of drug-likeness (QED) is 0.649. The van der Waals surface area contributed by atoms with E-state index < -0.39 is 10.2 Å². The summed E-state index contributed by atoms with van der Waals surface area (Å²) in [6, 6.07) is 6.65. The van der Waals surface area contributed by atoms with Gasteiger partial charge in [0.25, 0.3) is 10.2 Å². The number of ether oxygens (including phenoxy) is 1. The summed E-state index contributed by atoms with van der Waals surface area (Å²) < 4.78 is 33.2. The molecule has 0 saturated heterocycles. The van der Waals surface area contributed by atoms with Crippen LogP contribution >= 0.6 is 0 Å². The highest BCUT2D eigenvalue weighted by Gasteiger charge is 2.07. The fourth-order valence-corrected chi connectivity index (χ4v) is 2.22. The molecule has 0 atom stereocenters. The minimum atomic E-state index is -3.49. The van der Waals surface area contributed by atoms with Crippen LogP contribution in [0.1, 0.15) is 13.3 Å². The smallest absolute Gasteiger partial charge is 0.299 e. The van der Waals surface area contributed by atoms with Crippen LogP contribution in [-0.4, -0.2) is 28.1 Å². The summed E-state index contributed by atoms with van der Waals surface area (Å²) in [7, 11) is -3.49. The van der Waals surface area contributed by atoms with E-state index in [1.54, 1.807) is 24.3 Å². The van der Waals surface area contributed by atoms with Gasteiger partial charge in [-0.05, 0) is 30.7 Å². The van der Waals surface area contributed by atoms with Gasteiger partial charge in [0, 0.05) is 18.8 Å². The largest absolute Gasteiger partial charge is 0.492 e. The van der Waals surface area contributed by atoms with Gasteiger partial charge in [-0.15, -0.1) is 0 Å². The standard InChI is InChI=1S/C11H19N3O3S/c1-2-8-13-18(15,16)14-10-3-5-11(6-4-10)17-9-7-12/h3-6,13-14H,2,7-9,12H2,1H3. The van der Waals surface area contributed by atoms with Crippen molar-refractivity contribution in [2.24, 2.45) is 5.73 Å². The summed E-state index contributed by atoms with van der Waals surface area (Å²) in [6.45, 7) is 3.18. The molecule has 18 heavy (non-hydrogen) atoms. The van der Waals surface area contributed by atoms with E-state index in [0.29, 0.717) is 31.1 Å². The Morgan fingerprint density at radius 3 is 2.50 bits per heavy atom. The highest BCUT2D eigenvalue weighted by Crippen LogP contribution is 2.16. The molecule has 0 heterocycles. The number of rotatable bonds is 8. The molecular weight excluding hydrogens is 254 g/mol. The minimum absolute atomic E-state index is 0.410. The van der Waals surface area contributed by atoms with Crippen LogP contribution in [0.3, 0.4) is 0 Å². The third kappa shape index (κ3) is 5.35. The van der Waals surface area contributed by atoms with Crippen molar-refractivity contribution in [3.8, 4) is 5.75 Å². The number of nitrogens with one attached hydrogen (secondary N) is 2. The molecule has 4 N–H and O–H groups in total. The fraction of sp³-hybridized carbons (Fsp3) is 0.455. The maximum absolute atomic E-state index is 11.5. The summed E-state index contributed by atoms with van der Waals surface area (Å²) in [5.41, 5.74) is 5.80. The Morgan fingerprint density at radius 1 is 1.28 bits per heavy atom. The monoisotopic (exact) mass is 273 g/mol. The summed E-state index contributed by atoms with van der Waals surface area (Å²) in [6.07, 6.45) is 0.743. The first-order valence-corrected chi connectivity index (χ1v) is 7.26. The predicted octanol–water partition coefficient (Wildman–Crippen LogP) is 0.680. The molecule has 0 radical (unpaired) electrons. The van der Waals surface area contributed by atoms with Gasteiger partial charge in [-0.25, -0.2) is 0 Å². The van der Waals surface area contributed by atoms with Crippen LogP contribution in [0.15, 0.2) is 24.3 Å². The number of nitrogens with two attached hydrogens (primary N) is 1. The van der Waals surface area contributed by atoms with E-state index in [1.165, 1.54) is 0 Å². The topological polar surface area (TPSA) is 93.5 Å². The Bertz CT molecular complexity index is 445. The third-order valence-corrected chi connectivity index (χ3v) is 3.12. The Kier molecular flexibility index (Phi) is 5.90. The molecular formula is C11H19N3O3S. The molecule has 0 aromatic heterocycles. The van der Waals surface area contributed by atoms with Gasteiger partial charge in [0.05, 0.1) is 0 Å². The van der Waals surface area contributed by atoms with E-state index >= 15 is 0 Å². The maximum Gasteiger partial charge on any atom is 0.299 e. The highest BCUT2D eigenvalue weighted by molar-refractivity contribution is 7.90. The SMILES string of the molecule is CCCNS(=O)(=O)Nc1ccc(OCCN)cc1. The second-order valence-corrected chi connectivity index (χ2v) is 5.16. The first-order valence-electron chi connectivity index (χ1n) is 5.77. The molecule has 0 unspecified atom stereocenters. The molecule has 0 spiro atoms. The zero-order valence-corrected chi connectivity index (χ0v) is 11.2. The average molecular weight is 273 g/mol. The van der Waals surface area contributed by atoms with Crippen molar-refractivity contribution < 1.29 is 13.2 Å². The molecule has 1 aromatic carbocycles. The predicted molar refractivity (Wildman–Crippen MR) is 71.8 cm³/mol. The van der Waals surface area contributed by atoms with Gasteiger partial charge in [0.1, 0.15) is 12.4 Å². The van der Waals surface area contributed by atoms with Gasteiger partial charge >= 0.3 is 0 Å². The molecule has 1 aromatic rings. The van der Waals surface area contributed by atoms with E-state index in [0.717, 1.165) is 6.42 Å². The first kappa shape index (κ1) is 14.7. The minimum Gasteiger partial charge on any atom is -0.492 e. The second kappa shape index (κ2) is 7.20. The van der Waals surface area contributed by atoms with E-state index in [2.05, 4.69) is 9.44 Å². The molecule has 0 saturated carbocycles. The summed E-state index contributed by atoms with van der Waals surface area (Å²) >= 11 is 0. The second-order valence-electron chi connectivity index (χ2n) is 3.66. The summed E-state index contributed by atoms with van der Waals surface area (Å²) in [4.78, 5) is 0. The van der Waals surface area contributed by atoms with Crippen molar-refractivity contribution in [2.45, 2.75) is 13.3 Å². The highest BCUT2D eigenvalue weighted by atomic mass is 32.2. The molecule has 7 heteroatoms. The lowest BCUT2D eigenvalue weighted by atomic mass is 10.3. The third-order valence-electron chi connectivity index (χ3n) is 2.04. The normalized spacial score (nSPS) is 11.2. The lowest BCUT2D eigenvalue weighted by molar-refractivity contribution is 0.328. The Hall–Kier alpha value is -1.31. The van der Waals surface area contributed by atoms with Crippen LogP contribution in [0.4, 0.5) is 5.69 Å². The van der Waals surface area contributed by atoms with Crippen LogP contribution in [0.25, 0.3) is 0 Å². The van der Waals surface area contributed by atoms with Gasteiger partial charge in [-0.2, -0.15) is 13.1 Å². The van der Waals surface area contributed by atoms with Gasteiger partial charge in [0.15, 0.2) is 0 Å². The lowest BCUT2D eigenvalue weighted by Crippen LogP contribution is -2.30. The number of benzene rings is 1. The van der Waals surface area contributed by atoms with Crippen molar-refractivity contribution in [1.29, 1.82) is 0 Å². The summed E-state index contributed by atoms with van der Waals surface area (Å²) in [5, 5.41) is 0. The zero-order chi connectivity index (χ0) is 13.4. The van der Waals surface area contributed by atoms with Gasteiger partial charge in [-0.1, -0.05) is 6.92 Å². The first-order chi connectivity index (χ1) is 8.57. The molecule has 102 valence electrons. The van der Waals surface area contributed by atoms with Gasteiger partial charge < -0.3 is 10.5 Å². The fourth-order valence-electron chi connectivity index (χ4n) is 1.22. The molecule has 6 nitrogen and oxygen atoms in total. The number of anilines is 1. The molecule has 0 aliphatic carbocycles. The van der Waals surface area contributed by atoms with Crippen LogP contribution in [-0.2, 0) is 10.2 Å². The molecule has 0 aliphatic heterocycles. The van der Waals surface area contributed by atoms with E-state index in [-0.39, 0.29) is 0 Å². The molecule has 0 fully saturated rings. The molecule has 0 aliphatic rings. The van der Waals surface area contributed by atoms with Crippen molar-refractivity contribution >= 4 is 15.9 Å². The molecule has 0 amide bonds. The number of hydrogen-bond donors (Lipinski definition) is 3. The van der Waals surface area contributed by atoms with Crippen LogP contribution in [0.5, 0.6) is 5.75 Å². The Labute approximate surface area is 108 Å². The van der Waals surface area contributed by atoms with Crippen molar-refractivity contribution in [3.63, 3.8) is 0 Å². The van der Waals surface area contributed by atoms with Crippen molar-refractivity contribution in [2.75, 3.05) is 24.4 Å². The molecule has 1 rings (SSSR count). The van der Waals surface area contributed by atoms with Gasteiger partial charge in [0.2, 0.25) is 0 Å². The van der Waals surface area contributed by atoms with Crippen molar-refractivity contribution in [1.82, 2.24) is 4.72 Å². The lowest BCUT2D eigenvalue weighted by Gasteiger charge is -2.09. The maximum atomic E-state index is 11.5. The summed E-state index contributed by atoms with van der Waals surface area (Å²) in [5.74, 6) is 0.657.